The molecular weight excluding hydrogens is 921 g/mol. The van der Waals surface area contributed by atoms with Crippen molar-refractivity contribution in [2.24, 2.45) is 0 Å². The summed E-state index contributed by atoms with van der Waals surface area (Å²) in [7, 11) is 0. The number of aliphatic hydroxyl groups excluding tert-OH is 7. The number of hydrogen-bond donors (Lipinski definition) is 7. The Balaban J connectivity index is 1.79. The van der Waals surface area contributed by atoms with Gasteiger partial charge < -0.3 is 64.2 Å². The fourth-order valence-electron chi connectivity index (χ4n) is 7.93. The Morgan fingerprint density at radius 1 is 0.472 bits per heavy atom. The van der Waals surface area contributed by atoms with E-state index in [4.69, 9.17) is 28.4 Å². The molecule has 0 aliphatic carbocycles. The van der Waals surface area contributed by atoms with Gasteiger partial charge in [-0.3, -0.25) is 4.79 Å². The van der Waals surface area contributed by atoms with Gasteiger partial charge in [0.05, 0.1) is 26.4 Å². The van der Waals surface area contributed by atoms with Crippen LogP contribution in [0.5, 0.6) is 0 Å². The summed E-state index contributed by atoms with van der Waals surface area (Å²) in [6, 6.07) is 0. The molecule has 14 heteroatoms. The zero-order chi connectivity index (χ0) is 52.3. The van der Waals surface area contributed by atoms with E-state index in [9.17, 15) is 40.5 Å². The molecule has 0 aromatic carbocycles. The van der Waals surface area contributed by atoms with Crippen molar-refractivity contribution in [3.05, 3.63) is 97.2 Å². The minimum absolute atomic E-state index is 0.0209. The first-order chi connectivity index (χ1) is 35.1. The molecule has 2 fully saturated rings. The minimum atomic E-state index is -1.73. The summed E-state index contributed by atoms with van der Waals surface area (Å²) in [4.78, 5) is 13.0. The molecule has 72 heavy (non-hydrogen) atoms. The third-order valence-corrected chi connectivity index (χ3v) is 12.3. The molecule has 0 radical (unpaired) electrons. The quantitative estimate of drug-likeness (QED) is 0.0173. The van der Waals surface area contributed by atoms with Gasteiger partial charge in [-0.2, -0.15) is 0 Å². The molecule has 0 aromatic heterocycles. The van der Waals surface area contributed by atoms with E-state index in [-0.39, 0.29) is 19.6 Å². The van der Waals surface area contributed by atoms with E-state index in [0.717, 1.165) is 70.6 Å². The Hall–Kier alpha value is -3.09. The largest absolute Gasteiger partial charge is 0.457 e. The maximum Gasteiger partial charge on any atom is 0.306 e. The molecular formula is C58H96O14. The smallest absolute Gasteiger partial charge is 0.306 e. The lowest BCUT2D eigenvalue weighted by Crippen LogP contribution is -2.61. The first kappa shape index (κ1) is 65.0. The Morgan fingerprint density at radius 2 is 0.903 bits per heavy atom. The molecule has 2 saturated heterocycles. The number of carbonyl (C=O) groups excluding carboxylic acids is 1. The Labute approximate surface area is 432 Å². The monoisotopic (exact) mass is 1020 g/mol. The molecule has 7 N–H and O–H groups in total. The van der Waals surface area contributed by atoms with Gasteiger partial charge in [0.2, 0.25) is 0 Å². The summed E-state index contributed by atoms with van der Waals surface area (Å²) in [5, 5.41) is 72.2. The lowest BCUT2D eigenvalue weighted by molar-refractivity contribution is -0.332. The predicted molar refractivity (Wildman–Crippen MR) is 284 cm³/mol. The van der Waals surface area contributed by atoms with Crippen LogP contribution in [0, 0.1) is 0 Å². The van der Waals surface area contributed by atoms with Crippen LogP contribution in [0.15, 0.2) is 97.2 Å². The van der Waals surface area contributed by atoms with Gasteiger partial charge in [-0.1, -0.05) is 169 Å². The maximum absolute atomic E-state index is 13.0. The van der Waals surface area contributed by atoms with Crippen LogP contribution in [0.1, 0.15) is 162 Å². The third kappa shape index (κ3) is 30.9. The van der Waals surface area contributed by atoms with E-state index in [2.05, 4.69) is 98.9 Å². The van der Waals surface area contributed by atoms with Crippen LogP contribution >= 0.6 is 0 Å². The second-order valence-corrected chi connectivity index (χ2v) is 18.7. The normalized spacial score (nSPS) is 25.9. The van der Waals surface area contributed by atoms with Crippen molar-refractivity contribution in [1.82, 2.24) is 0 Å². The summed E-state index contributed by atoms with van der Waals surface area (Å²) in [5.74, 6) is -0.463. The third-order valence-electron chi connectivity index (χ3n) is 12.3. The standard InChI is InChI=1S/C58H96O14/c1-3-5-7-9-11-13-15-17-19-21-23-25-27-29-31-33-35-37-39-41-50(60)70-47(44-67-42-40-38-36-34-32-30-28-26-24-22-20-18-16-14-12-10-8-6-4-2)45-68-57-56(66)54(64)52(62)49(72-57)46-69-58-55(65)53(63)51(61)48(43-59)71-58/h5,7,11,13-14,16-17,19-20,22-23,25,29,31,35,37,47-49,51-59,61-66H,3-4,6,8-10,12,15,18,21,24,26-28,30,32-34,36,38-46H2,1-2H3/b7-5-,13-11-,16-14-,19-17-,22-20-,25-23-,31-29-,37-35-. The van der Waals surface area contributed by atoms with Crippen LogP contribution in [0.3, 0.4) is 0 Å². The molecule has 0 aromatic rings. The fraction of sp³-hybridized carbons (Fsp3) is 0.707. The molecule has 2 aliphatic heterocycles. The van der Waals surface area contributed by atoms with Gasteiger partial charge in [-0.15, -0.1) is 0 Å². The number of esters is 1. The van der Waals surface area contributed by atoms with Crippen molar-refractivity contribution in [1.29, 1.82) is 0 Å². The molecule has 11 unspecified atom stereocenters. The molecule has 0 saturated carbocycles. The number of carbonyl (C=O) groups is 1. The van der Waals surface area contributed by atoms with Crippen LogP contribution in [0.2, 0.25) is 0 Å². The number of ether oxygens (including phenoxy) is 6. The average Bonchev–Trinajstić information content (AvgIpc) is 3.38. The van der Waals surface area contributed by atoms with Crippen molar-refractivity contribution in [3.8, 4) is 0 Å². The van der Waals surface area contributed by atoms with Gasteiger partial charge in [0, 0.05) is 13.0 Å². The van der Waals surface area contributed by atoms with Gasteiger partial charge in [0.15, 0.2) is 12.6 Å². The van der Waals surface area contributed by atoms with Gasteiger partial charge in [-0.05, 0) is 83.5 Å². The highest BCUT2D eigenvalue weighted by molar-refractivity contribution is 5.69. The first-order valence-electron chi connectivity index (χ1n) is 27.3. The average molecular weight is 1020 g/mol. The van der Waals surface area contributed by atoms with E-state index in [1.807, 2.05) is 12.2 Å². The highest BCUT2D eigenvalue weighted by atomic mass is 16.7. The van der Waals surface area contributed by atoms with E-state index in [0.29, 0.717) is 13.0 Å². The van der Waals surface area contributed by atoms with Gasteiger partial charge in [-0.25, -0.2) is 0 Å². The van der Waals surface area contributed by atoms with E-state index in [1.54, 1.807) is 0 Å². The van der Waals surface area contributed by atoms with Gasteiger partial charge in [0.1, 0.15) is 54.9 Å². The van der Waals surface area contributed by atoms with Crippen LogP contribution in [0.4, 0.5) is 0 Å². The second kappa shape index (κ2) is 44.2. The minimum Gasteiger partial charge on any atom is -0.457 e. The molecule has 2 rings (SSSR count). The van der Waals surface area contributed by atoms with Gasteiger partial charge in [0.25, 0.3) is 0 Å². The molecule has 0 bridgehead atoms. The molecule has 412 valence electrons. The summed E-state index contributed by atoms with van der Waals surface area (Å²) >= 11 is 0. The first-order valence-corrected chi connectivity index (χ1v) is 27.3. The van der Waals surface area contributed by atoms with Crippen LogP contribution in [-0.2, 0) is 33.2 Å². The Bertz CT molecular complexity index is 1550. The molecule has 14 nitrogen and oxygen atoms in total. The van der Waals surface area contributed by atoms with Crippen molar-refractivity contribution in [3.63, 3.8) is 0 Å². The Kier molecular flexibility index (Phi) is 39.9. The molecule has 2 heterocycles. The Morgan fingerprint density at radius 3 is 1.42 bits per heavy atom. The van der Waals surface area contributed by atoms with Crippen molar-refractivity contribution >= 4 is 5.97 Å². The number of rotatable bonds is 42. The zero-order valence-corrected chi connectivity index (χ0v) is 43.9. The van der Waals surface area contributed by atoms with Gasteiger partial charge >= 0.3 is 5.97 Å². The van der Waals surface area contributed by atoms with E-state index < -0.39 is 86.7 Å². The summed E-state index contributed by atoms with van der Waals surface area (Å²) in [5.41, 5.74) is 0. The number of unbranched alkanes of at least 4 members (excludes halogenated alkanes) is 12. The lowest BCUT2D eigenvalue weighted by atomic mass is 9.98. The zero-order valence-electron chi connectivity index (χ0n) is 43.9. The van der Waals surface area contributed by atoms with Crippen LogP contribution in [0.25, 0.3) is 0 Å². The summed E-state index contributed by atoms with van der Waals surface area (Å²) in [6.45, 7) is 3.43. The summed E-state index contributed by atoms with van der Waals surface area (Å²) in [6.07, 6.45) is 41.9. The molecule has 11 atom stereocenters. The fourth-order valence-corrected chi connectivity index (χ4v) is 7.93. The lowest BCUT2D eigenvalue weighted by Gasteiger charge is -2.42. The van der Waals surface area contributed by atoms with Crippen molar-refractivity contribution in [2.45, 2.75) is 229 Å². The highest BCUT2D eigenvalue weighted by Crippen LogP contribution is 2.26. The van der Waals surface area contributed by atoms with E-state index >= 15 is 0 Å². The topological polar surface area (TPSA) is 214 Å². The van der Waals surface area contributed by atoms with Crippen molar-refractivity contribution < 1.29 is 69.0 Å². The molecule has 0 spiro atoms. The number of aliphatic hydroxyl groups is 7. The summed E-state index contributed by atoms with van der Waals surface area (Å²) < 4.78 is 34.2. The predicted octanol–water partition coefficient (Wildman–Crippen LogP) is 9.02. The molecule has 2 aliphatic rings. The number of hydrogen-bond acceptors (Lipinski definition) is 14. The van der Waals surface area contributed by atoms with Crippen LogP contribution < -0.4 is 0 Å². The number of allylic oxidation sites excluding steroid dienone is 16. The van der Waals surface area contributed by atoms with Crippen molar-refractivity contribution in [2.75, 3.05) is 33.0 Å². The SMILES string of the molecule is CC/C=C\C/C=C\C/C=C\C/C=C\C/C=C\C/C=C\CCC(=O)OC(COCCCCCCCCCC/C=C\C/C=C\CCCCCC)COC1OC(COC2OC(CO)C(O)C(O)C2O)C(O)C(O)C1O. The maximum atomic E-state index is 13.0. The molecule has 0 amide bonds. The second-order valence-electron chi connectivity index (χ2n) is 18.7. The van der Waals surface area contributed by atoms with Crippen LogP contribution in [-0.4, -0.2) is 142 Å². The van der Waals surface area contributed by atoms with E-state index in [1.165, 1.54) is 64.2 Å². The highest BCUT2D eigenvalue weighted by Gasteiger charge is 2.47.